The summed E-state index contributed by atoms with van der Waals surface area (Å²) in [6.07, 6.45) is 0. The number of nitrogens with one attached hydrogen (secondary N) is 1. The molecule has 0 unspecified atom stereocenters. The molecule has 0 spiro atoms. The largest absolute Gasteiger partial charge is 0.397 e. The van der Waals surface area contributed by atoms with Gasteiger partial charge in [-0.05, 0) is 46.3 Å². The molecule has 0 fully saturated rings. The molecule has 3 rings (SSSR count). The first kappa shape index (κ1) is 14.0. The van der Waals surface area contributed by atoms with Crippen LogP contribution < -0.4 is 11.1 Å². The SMILES string of the molecule is Nc1c(C(=O)Nc2ccccc2Br)sc2ccc(F)cc12. The van der Waals surface area contributed by atoms with Crippen LogP contribution in [0.15, 0.2) is 46.9 Å². The minimum Gasteiger partial charge on any atom is -0.397 e. The van der Waals surface area contributed by atoms with Gasteiger partial charge in [0.05, 0.1) is 11.4 Å². The maximum atomic E-state index is 13.3. The second-order valence-electron chi connectivity index (χ2n) is 4.42. The zero-order valence-electron chi connectivity index (χ0n) is 10.7. The van der Waals surface area contributed by atoms with Crippen LogP contribution in [0.5, 0.6) is 0 Å². The van der Waals surface area contributed by atoms with Crippen molar-refractivity contribution in [2.75, 3.05) is 11.1 Å². The standard InChI is InChI=1S/C15H10BrFN2OS/c16-10-3-1-2-4-11(10)19-15(20)14-13(18)9-7-8(17)5-6-12(9)21-14/h1-7H,18H2,(H,19,20). The Balaban J connectivity index is 1.99. The van der Waals surface area contributed by atoms with Crippen LogP contribution in [0.3, 0.4) is 0 Å². The van der Waals surface area contributed by atoms with Gasteiger partial charge in [0.25, 0.3) is 5.91 Å². The van der Waals surface area contributed by atoms with Crippen molar-refractivity contribution in [3.63, 3.8) is 0 Å². The van der Waals surface area contributed by atoms with E-state index in [0.29, 0.717) is 21.6 Å². The van der Waals surface area contributed by atoms with Gasteiger partial charge in [0.2, 0.25) is 0 Å². The Morgan fingerprint density at radius 3 is 2.76 bits per heavy atom. The molecular formula is C15H10BrFN2OS. The second-order valence-corrected chi connectivity index (χ2v) is 6.33. The maximum Gasteiger partial charge on any atom is 0.267 e. The zero-order chi connectivity index (χ0) is 15.0. The Labute approximate surface area is 132 Å². The van der Waals surface area contributed by atoms with Crippen LogP contribution in [0.25, 0.3) is 10.1 Å². The summed E-state index contributed by atoms with van der Waals surface area (Å²) in [6.45, 7) is 0. The van der Waals surface area contributed by atoms with Gasteiger partial charge in [0, 0.05) is 14.6 Å². The number of nitrogens with two attached hydrogens (primary N) is 1. The number of hydrogen-bond acceptors (Lipinski definition) is 3. The highest BCUT2D eigenvalue weighted by atomic mass is 79.9. The lowest BCUT2D eigenvalue weighted by Gasteiger charge is -2.06. The molecule has 0 bridgehead atoms. The molecule has 3 nitrogen and oxygen atoms in total. The quantitative estimate of drug-likeness (QED) is 0.695. The fraction of sp³-hybridized carbons (Fsp3) is 0. The highest BCUT2D eigenvalue weighted by Crippen LogP contribution is 2.35. The summed E-state index contributed by atoms with van der Waals surface area (Å²) in [7, 11) is 0. The number of para-hydroxylation sites is 1. The summed E-state index contributed by atoms with van der Waals surface area (Å²) in [6, 6.07) is 11.6. The first-order chi connectivity index (χ1) is 10.1. The van der Waals surface area contributed by atoms with Crippen molar-refractivity contribution in [2.45, 2.75) is 0 Å². The van der Waals surface area contributed by atoms with Crippen LogP contribution >= 0.6 is 27.3 Å². The van der Waals surface area contributed by atoms with E-state index in [1.54, 1.807) is 12.1 Å². The number of halogens is 2. The van der Waals surface area contributed by atoms with Crippen molar-refractivity contribution >= 4 is 54.6 Å². The third-order valence-corrected chi connectivity index (χ3v) is 4.89. The van der Waals surface area contributed by atoms with Crippen molar-refractivity contribution in [1.82, 2.24) is 0 Å². The first-order valence-electron chi connectivity index (χ1n) is 6.09. The number of benzene rings is 2. The summed E-state index contributed by atoms with van der Waals surface area (Å²) >= 11 is 4.61. The molecule has 3 N–H and O–H groups in total. The van der Waals surface area contributed by atoms with Crippen molar-refractivity contribution in [2.24, 2.45) is 0 Å². The average Bonchev–Trinajstić information content (AvgIpc) is 2.79. The van der Waals surface area contributed by atoms with Crippen molar-refractivity contribution in [3.8, 4) is 0 Å². The van der Waals surface area contributed by atoms with Gasteiger partial charge in [-0.3, -0.25) is 4.79 Å². The molecule has 1 amide bonds. The fourth-order valence-corrected chi connectivity index (χ4v) is 3.38. The number of hydrogen-bond donors (Lipinski definition) is 2. The van der Waals surface area contributed by atoms with Gasteiger partial charge in [0.1, 0.15) is 10.7 Å². The van der Waals surface area contributed by atoms with E-state index in [-0.39, 0.29) is 11.7 Å². The van der Waals surface area contributed by atoms with E-state index in [4.69, 9.17) is 5.73 Å². The Morgan fingerprint density at radius 1 is 1.24 bits per heavy atom. The smallest absolute Gasteiger partial charge is 0.267 e. The van der Waals surface area contributed by atoms with Crippen LogP contribution in [0.1, 0.15) is 9.67 Å². The average molecular weight is 365 g/mol. The number of rotatable bonds is 2. The van der Waals surface area contributed by atoms with Crippen molar-refractivity contribution in [3.05, 3.63) is 57.6 Å². The number of thiophene rings is 1. The van der Waals surface area contributed by atoms with Crippen LogP contribution in [0.4, 0.5) is 15.8 Å². The monoisotopic (exact) mass is 364 g/mol. The summed E-state index contributed by atoms with van der Waals surface area (Å²) in [5.74, 6) is -0.675. The van der Waals surface area contributed by atoms with Gasteiger partial charge in [-0.25, -0.2) is 4.39 Å². The van der Waals surface area contributed by atoms with Gasteiger partial charge >= 0.3 is 0 Å². The van der Waals surface area contributed by atoms with Gasteiger partial charge in [-0.15, -0.1) is 11.3 Å². The Bertz CT molecular complexity index is 847. The molecule has 0 aliphatic rings. The molecule has 0 saturated carbocycles. The molecule has 0 aliphatic heterocycles. The van der Waals surface area contributed by atoms with E-state index >= 15 is 0 Å². The zero-order valence-corrected chi connectivity index (χ0v) is 13.1. The lowest BCUT2D eigenvalue weighted by Crippen LogP contribution is -2.12. The van der Waals surface area contributed by atoms with E-state index in [9.17, 15) is 9.18 Å². The Morgan fingerprint density at radius 2 is 2.00 bits per heavy atom. The van der Waals surface area contributed by atoms with E-state index in [0.717, 1.165) is 9.17 Å². The number of carbonyl (C=O) groups excluding carboxylic acids is 1. The lowest BCUT2D eigenvalue weighted by atomic mass is 10.2. The van der Waals surface area contributed by atoms with E-state index < -0.39 is 0 Å². The topological polar surface area (TPSA) is 55.1 Å². The second kappa shape index (κ2) is 5.46. The summed E-state index contributed by atoms with van der Waals surface area (Å²) in [5, 5.41) is 3.36. The van der Waals surface area contributed by atoms with Crippen LogP contribution in [0, 0.1) is 5.82 Å². The molecule has 106 valence electrons. The van der Waals surface area contributed by atoms with Gasteiger partial charge in [-0.1, -0.05) is 12.1 Å². The molecular weight excluding hydrogens is 355 g/mol. The van der Waals surface area contributed by atoms with Crippen LogP contribution in [0.2, 0.25) is 0 Å². The van der Waals surface area contributed by atoms with Gasteiger partial charge < -0.3 is 11.1 Å². The van der Waals surface area contributed by atoms with Gasteiger partial charge in [0.15, 0.2) is 0 Å². The predicted octanol–water partition coefficient (Wildman–Crippen LogP) is 4.64. The minimum atomic E-state index is -0.371. The summed E-state index contributed by atoms with van der Waals surface area (Å²) in [5.41, 5.74) is 6.93. The molecule has 3 aromatic rings. The number of fused-ring (bicyclic) bond motifs is 1. The Kier molecular flexibility index (Phi) is 3.65. The first-order valence-corrected chi connectivity index (χ1v) is 7.70. The van der Waals surface area contributed by atoms with Crippen molar-refractivity contribution in [1.29, 1.82) is 0 Å². The van der Waals surface area contributed by atoms with Crippen LogP contribution in [-0.4, -0.2) is 5.91 Å². The third-order valence-electron chi connectivity index (χ3n) is 3.02. The molecule has 0 radical (unpaired) electrons. The minimum absolute atomic E-state index is 0.305. The summed E-state index contributed by atoms with van der Waals surface area (Å²) in [4.78, 5) is 12.7. The predicted molar refractivity (Wildman–Crippen MR) is 88.3 cm³/mol. The molecule has 0 saturated heterocycles. The molecule has 0 atom stereocenters. The molecule has 2 aromatic carbocycles. The third kappa shape index (κ3) is 2.64. The maximum absolute atomic E-state index is 13.3. The number of anilines is 2. The van der Waals surface area contributed by atoms with Crippen LogP contribution in [-0.2, 0) is 0 Å². The molecule has 0 aliphatic carbocycles. The Hall–Kier alpha value is -1.92. The molecule has 1 aromatic heterocycles. The molecule has 1 heterocycles. The van der Waals surface area contributed by atoms with Gasteiger partial charge in [-0.2, -0.15) is 0 Å². The van der Waals surface area contributed by atoms with E-state index in [1.807, 2.05) is 18.2 Å². The van der Waals surface area contributed by atoms with Crippen molar-refractivity contribution < 1.29 is 9.18 Å². The number of carbonyl (C=O) groups is 1. The highest BCUT2D eigenvalue weighted by molar-refractivity contribution is 9.10. The highest BCUT2D eigenvalue weighted by Gasteiger charge is 2.17. The van der Waals surface area contributed by atoms with E-state index in [2.05, 4.69) is 21.2 Å². The lowest BCUT2D eigenvalue weighted by molar-refractivity contribution is 0.103. The fourth-order valence-electron chi connectivity index (χ4n) is 2.00. The number of nitrogen functional groups attached to an aromatic ring is 1. The summed E-state index contributed by atoms with van der Waals surface area (Å²) < 4.78 is 14.8. The normalized spacial score (nSPS) is 10.8. The number of amides is 1. The van der Waals surface area contributed by atoms with E-state index in [1.165, 1.54) is 23.5 Å². The molecule has 21 heavy (non-hydrogen) atoms. The molecule has 6 heteroatoms.